The van der Waals surface area contributed by atoms with Crippen LogP contribution in [0.2, 0.25) is 0 Å². The third-order valence-electron chi connectivity index (χ3n) is 4.79. The Morgan fingerprint density at radius 3 is 2.40 bits per heavy atom. The number of hydrogen-bond donors (Lipinski definition) is 0. The topological polar surface area (TPSA) is 59.1 Å². The van der Waals surface area contributed by atoms with Gasteiger partial charge in [0.1, 0.15) is 5.75 Å². The zero-order valence-corrected chi connectivity index (χ0v) is 15.6. The van der Waals surface area contributed by atoms with Crippen LogP contribution in [0.15, 0.2) is 12.1 Å². The van der Waals surface area contributed by atoms with Crippen molar-refractivity contribution >= 4 is 12.0 Å². The number of carbonyl (C=O) groups is 2. The van der Waals surface area contributed by atoms with Gasteiger partial charge in [-0.3, -0.25) is 4.79 Å². The first-order chi connectivity index (χ1) is 12.0. The average molecular weight is 348 g/mol. The molecule has 0 saturated carbocycles. The molecule has 138 valence electrons. The Hall–Kier alpha value is -2.24. The summed E-state index contributed by atoms with van der Waals surface area (Å²) in [5, 5.41) is 0. The van der Waals surface area contributed by atoms with Gasteiger partial charge >= 0.3 is 6.09 Å². The van der Waals surface area contributed by atoms with Gasteiger partial charge in [0.15, 0.2) is 0 Å². The first-order valence-electron chi connectivity index (χ1n) is 8.80. The lowest BCUT2D eigenvalue weighted by molar-refractivity contribution is -0.130. The van der Waals surface area contributed by atoms with Crippen LogP contribution in [-0.4, -0.2) is 61.7 Å². The van der Waals surface area contributed by atoms with Crippen molar-refractivity contribution in [2.24, 2.45) is 0 Å². The van der Waals surface area contributed by atoms with Gasteiger partial charge in [-0.1, -0.05) is 6.07 Å². The van der Waals surface area contributed by atoms with Crippen LogP contribution in [0.1, 0.15) is 30.0 Å². The second kappa shape index (κ2) is 8.74. The minimum Gasteiger partial charge on any atom is -0.496 e. The van der Waals surface area contributed by atoms with Crippen LogP contribution in [0.5, 0.6) is 5.75 Å². The summed E-state index contributed by atoms with van der Waals surface area (Å²) in [6, 6.07) is 3.87. The predicted octanol–water partition coefficient (Wildman–Crippen LogP) is 2.55. The van der Waals surface area contributed by atoms with E-state index in [1.807, 2.05) is 30.9 Å². The molecule has 1 aromatic rings. The predicted molar refractivity (Wildman–Crippen MR) is 96.0 cm³/mol. The van der Waals surface area contributed by atoms with Crippen LogP contribution in [-0.2, 0) is 16.0 Å². The van der Waals surface area contributed by atoms with Crippen molar-refractivity contribution in [3.05, 3.63) is 28.8 Å². The van der Waals surface area contributed by atoms with E-state index in [-0.39, 0.29) is 12.0 Å². The van der Waals surface area contributed by atoms with E-state index < -0.39 is 0 Å². The molecule has 0 N–H and O–H groups in total. The molecule has 0 aromatic heterocycles. The normalized spacial score (nSPS) is 14.9. The highest BCUT2D eigenvalue weighted by Crippen LogP contribution is 2.24. The Kier molecular flexibility index (Phi) is 6.67. The van der Waals surface area contributed by atoms with E-state index in [0.717, 1.165) is 28.9 Å². The number of hydrogen-bond acceptors (Lipinski definition) is 4. The summed E-state index contributed by atoms with van der Waals surface area (Å²) in [4.78, 5) is 28.1. The molecule has 1 aliphatic rings. The summed E-state index contributed by atoms with van der Waals surface area (Å²) in [6.07, 6.45) is 0.847. The van der Waals surface area contributed by atoms with Gasteiger partial charge in [0.2, 0.25) is 5.91 Å². The van der Waals surface area contributed by atoms with E-state index in [2.05, 4.69) is 0 Å². The van der Waals surface area contributed by atoms with Crippen LogP contribution in [0.25, 0.3) is 0 Å². The SMILES string of the molecule is CCOC(=O)N1CCCN(C(=O)Cc2ccc(OC)c(C)c2C)CC1. The van der Waals surface area contributed by atoms with E-state index in [1.54, 1.807) is 18.9 Å². The Morgan fingerprint density at radius 2 is 1.72 bits per heavy atom. The minimum absolute atomic E-state index is 0.0957. The summed E-state index contributed by atoms with van der Waals surface area (Å²) in [7, 11) is 1.65. The molecule has 6 nitrogen and oxygen atoms in total. The fraction of sp³-hybridized carbons (Fsp3) is 0.579. The molecule has 0 unspecified atom stereocenters. The highest BCUT2D eigenvalue weighted by Gasteiger charge is 2.23. The highest BCUT2D eigenvalue weighted by molar-refractivity contribution is 5.79. The monoisotopic (exact) mass is 348 g/mol. The van der Waals surface area contributed by atoms with Crippen molar-refractivity contribution in [2.45, 2.75) is 33.6 Å². The van der Waals surface area contributed by atoms with Crippen molar-refractivity contribution in [2.75, 3.05) is 39.9 Å². The lowest BCUT2D eigenvalue weighted by Gasteiger charge is -2.22. The van der Waals surface area contributed by atoms with Crippen LogP contribution in [0.3, 0.4) is 0 Å². The molecule has 0 aliphatic carbocycles. The summed E-state index contributed by atoms with van der Waals surface area (Å²) >= 11 is 0. The number of ether oxygens (including phenoxy) is 2. The van der Waals surface area contributed by atoms with Crippen molar-refractivity contribution in [1.29, 1.82) is 0 Å². The number of benzene rings is 1. The van der Waals surface area contributed by atoms with Gasteiger partial charge in [-0.2, -0.15) is 0 Å². The lowest BCUT2D eigenvalue weighted by Crippen LogP contribution is -2.38. The van der Waals surface area contributed by atoms with Crippen LogP contribution in [0, 0.1) is 13.8 Å². The number of rotatable bonds is 4. The van der Waals surface area contributed by atoms with Crippen molar-refractivity contribution in [3.63, 3.8) is 0 Å². The second-order valence-electron chi connectivity index (χ2n) is 6.27. The molecule has 25 heavy (non-hydrogen) atoms. The maximum Gasteiger partial charge on any atom is 0.409 e. The Labute approximate surface area is 149 Å². The Morgan fingerprint density at radius 1 is 1.04 bits per heavy atom. The molecule has 1 aliphatic heterocycles. The van der Waals surface area contributed by atoms with Crippen LogP contribution >= 0.6 is 0 Å². The quantitative estimate of drug-likeness (QED) is 0.839. The molecule has 2 amide bonds. The molecule has 2 rings (SSSR count). The molecule has 0 spiro atoms. The fourth-order valence-corrected chi connectivity index (χ4v) is 3.10. The first kappa shape index (κ1) is 19.1. The summed E-state index contributed by atoms with van der Waals surface area (Å²) < 4.78 is 10.4. The number of nitrogens with zero attached hydrogens (tertiary/aromatic N) is 2. The molecule has 1 heterocycles. The smallest absolute Gasteiger partial charge is 0.409 e. The van der Waals surface area contributed by atoms with Gasteiger partial charge in [0, 0.05) is 26.2 Å². The molecular formula is C19H28N2O4. The lowest BCUT2D eigenvalue weighted by atomic mass is 9.99. The minimum atomic E-state index is -0.293. The Balaban J connectivity index is 2.00. The molecule has 1 fully saturated rings. The molecule has 0 bridgehead atoms. The fourth-order valence-electron chi connectivity index (χ4n) is 3.10. The maximum absolute atomic E-state index is 12.7. The van der Waals surface area contributed by atoms with Gasteiger partial charge < -0.3 is 19.3 Å². The summed E-state index contributed by atoms with van der Waals surface area (Å²) in [5.74, 6) is 0.937. The number of carbonyl (C=O) groups excluding carboxylic acids is 2. The number of methoxy groups -OCH3 is 1. The zero-order valence-electron chi connectivity index (χ0n) is 15.6. The standard InChI is InChI=1S/C19H28N2O4/c1-5-25-19(23)21-10-6-9-20(11-12-21)18(22)13-16-7-8-17(24-4)15(3)14(16)2/h7-8H,5-6,9-13H2,1-4H3. The van der Waals surface area contributed by atoms with Crippen LogP contribution < -0.4 is 4.74 Å². The van der Waals surface area contributed by atoms with Gasteiger partial charge in [-0.15, -0.1) is 0 Å². The summed E-state index contributed by atoms with van der Waals surface area (Å²) in [5.41, 5.74) is 3.18. The average Bonchev–Trinajstić information content (AvgIpc) is 2.85. The maximum atomic E-state index is 12.7. The zero-order chi connectivity index (χ0) is 18.4. The van der Waals surface area contributed by atoms with E-state index in [4.69, 9.17) is 9.47 Å². The third kappa shape index (κ3) is 4.65. The van der Waals surface area contributed by atoms with Crippen molar-refractivity contribution in [3.8, 4) is 5.75 Å². The van der Waals surface area contributed by atoms with E-state index in [1.165, 1.54) is 0 Å². The van der Waals surface area contributed by atoms with Gasteiger partial charge in [-0.25, -0.2) is 4.79 Å². The Bertz CT molecular complexity index is 630. The number of amides is 2. The van der Waals surface area contributed by atoms with Crippen molar-refractivity contribution < 1.29 is 19.1 Å². The van der Waals surface area contributed by atoms with Gasteiger partial charge in [0.25, 0.3) is 0 Å². The summed E-state index contributed by atoms with van der Waals surface area (Å²) in [6.45, 7) is 8.55. The third-order valence-corrected chi connectivity index (χ3v) is 4.79. The van der Waals surface area contributed by atoms with Gasteiger partial charge in [0.05, 0.1) is 20.1 Å². The van der Waals surface area contributed by atoms with E-state index in [0.29, 0.717) is 39.2 Å². The second-order valence-corrected chi connectivity index (χ2v) is 6.27. The molecule has 0 atom stereocenters. The molecular weight excluding hydrogens is 320 g/mol. The first-order valence-corrected chi connectivity index (χ1v) is 8.80. The van der Waals surface area contributed by atoms with Crippen LogP contribution in [0.4, 0.5) is 4.79 Å². The van der Waals surface area contributed by atoms with E-state index in [9.17, 15) is 9.59 Å². The highest BCUT2D eigenvalue weighted by atomic mass is 16.6. The molecule has 6 heteroatoms. The van der Waals surface area contributed by atoms with Gasteiger partial charge in [-0.05, 0) is 49.9 Å². The van der Waals surface area contributed by atoms with Crippen molar-refractivity contribution in [1.82, 2.24) is 9.80 Å². The molecule has 1 saturated heterocycles. The largest absolute Gasteiger partial charge is 0.496 e. The molecule has 0 radical (unpaired) electrons. The van der Waals surface area contributed by atoms with E-state index >= 15 is 0 Å². The molecule has 1 aromatic carbocycles.